The van der Waals surface area contributed by atoms with Gasteiger partial charge < -0.3 is 9.64 Å². The normalized spacial score (nSPS) is 15.1. The molecule has 10 nitrogen and oxygen atoms in total. The van der Waals surface area contributed by atoms with Gasteiger partial charge in [0.15, 0.2) is 17.0 Å². The van der Waals surface area contributed by atoms with E-state index in [9.17, 15) is 8.42 Å². The largest absolute Gasteiger partial charge is 0.497 e. The van der Waals surface area contributed by atoms with Crippen LogP contribution in [0.2, 0.25) is 0 Å². The molecule has 34 heavy (non-hydrogen) atoms. The number of methoxy groups -OCH3 is 1. The van der Waals surface area contributed by atoms with E-state index in [0.717, 1.165) is 16.8 Å². The van der Waals surface area contributed by atoms with Crippen LogP contribution in [-0.4, -0.2) is 71.0 Å². The van der Waals surface area contributed by atoms with Crippen molar-refractivity contribution in [1.29, 1.82) is 0 Å². The van der Waals surface area contributed by atoms with Crippen LogP contribution in [0.3, 0.4) is 0 Å². The van der Waals surface area contributed by atoms with Crippen LogP contribution in [0.4, 0.5) is 5.82 Å². The fraction of sp³-hybridized carbons (Fsp3) is 0.304. The first-order chi connectivity index (χ1) is 16.4. The first-order valence-electron chi connectivity index (χ1n) is 10.9. The SMILES string of the molecule is COc1cccc(-n2nnc3c(N4CCN(S(=O)(=O)c5ccc(C)c(C)c5)CC4)ncnc32)c1. The number of hydrogen-bond acceptors (Lipinski definition) is 8. The van der Waals surface area contributed by atoms with Crippen molar-refractivity contribution in [2.75, 3.05) is 38.2 Å². The minimum Gasteiger partial charge on any atom is -0.497 e. The Hall–Kier alpha value is -3.57. The lowest BCUT2D eigenvalue weighted by Crippen LogP contribution is -2.49. The lowest BCUT2D eigenvalue weighted by molar-refractivity contribution is 0.384. The Morgan fingerprint density at radius 2 is 1.74 bits per heavy atom. The maximum absolute atomic E-state index is 13.2. The van der Waals surface area contributed by atoms with Gasteiger partial charge in [-0.05, 0) is 49.2 Å². The number of ether oxygens (including phenoxy) is 1. The summed E-state index contributed by atoms with van der Waals surface area (Å²) < 4.78 is 34.8. The molecule has 1 fully saturated rings. The number of aryl methyl sites for hydroxylation is 2. The van der Waals surface area contributed by atoms with Gasteiger partial charge in [0, 0.05) is 32.2 Å². The number of anilines is 1. The molecular formula is C23H25N7O3S. The maximum Gasteiger partial charge on any atom is 0.243 e. The van der Waals surface area contributed by atoms with Gasteiger partial charge in [-0.2, -0.15) is 8.99 Å². The van der Waals surface area contributed by atoms with E-state index in [-0.39, 0.29) is 0 Å². The molecule has 0 spiro atoms. The topological polar surface area (TPSA) is 106 Å². The molecule has 0 bridgehead atoms. The Morgan fingerprint density at radius 1 is 0.941 bits per heavy atom. The Labute approximate surface area is 197 Å². The minimum atomic E-state index is -3.56. The summed E-state index contributed by atoms with van der Waals surface area (Å²) in [4.78, 5) is 11.2. The third kappa shape index (κ3) is 3.86. The van der Waals surface area contributed by atoms with Gasteiger partial charge in [0.05, 0.1) is 17.7 Å². The van der Waals surface area contributed by atoms with E-state index in [1.165, 1.54) is 10.6 Å². The molecule has 4 aromatic rings. The first-order valence-corrected chi connectivity index (χ1v) is 12.4. The summed E-state index contributed by atoms with van der Waals surface area (Å²) in [7, 11) is -1.95. The van der Waals surface area contributed by atoms with Crippen molar-refractivity contribution in [3.8, 4) is 11.4 Å². The lowest BCUT2D eigenvalue weighted by Gasteiger charge is -2.34. The van der Waals surface area contributed by atoms with Gasteiger partial charge in [0.25, 0.3) is 0 Å². The van der Waals surface area contributed by atoms with E-state index in [2.05, 4.69) is 20.3 Å². The zero-order valence-electron chi connectivity index (χ0n) is 19.2. The Kier molecular flexibility index (Phi) is 5.66. The standard InChI is InChI=1S/C23H25N7O3S/c1-16-7-8-20(13-17(16)2)34(31,32)29-11-9-28(10-12-29)22-21-23(25-15-24-22)30(27-26-21)18-5-4-6-19(14-18)33-3/h4-8,13-15H,9-12H2,1-3H3. The minimum absolute atomic E-state index is 0.328. The molecule has 176 valence electrons. The molecule has 1 aliphatic heterocycles. The summed E-state index contributed by atoms with van der Waals surface area (Å²) in [5.74, 6) is 1.35. The maximum atomic E-state index is 13.2. The quantitative estimate of drug-likeness (QED) is 0.429. The average Bonchev–Trinajstić information content (AvgIpc) is 3.30. The second-order valence-electron chi connectivity index (χ2n) is 8.21. The Morgan fingerprint density at radius 3 is 2.47 bits per heavy atom. The number of sulfonamides is 1. The fourth-order valence-corrected chi connectivity index (χ4v) is 5.56. The fourth-order valence-electron chi connectivity index (χ4n) is 4.05. The highest BCUT2D eigenvalue weighted by molar-refractivity contribution is 7.89. The highest BCUT2D eigenvalue weighted by atomic mass is 32.2. The van der Waals surface area contributed by atoms with E-state index in [1.54, 1.807) is 23.9 Å². The molecule has 0 atom stereocenters. The van der Waals surface area contributed by atoms with Crippen molar-refractivity contribution in [3.05, 3.63) is 59.9 Å². The second-order valence-corrected chi connectivity index (χ2v) is 10.1. The Balaban J connectivity index is 1.39. The van der Waals surface area contributed by atoms with Crippen LogP contribution in [0, 0.1) is 13.8 Å². The van der Waals surface area contributed by atoms with Gasteiger partial charge in [-0.25, -0.2) is 18.4 Å². The van der Waals surface area contributed by atoms with E-state index >= 15 is 0 Å². The number of piperazine rings is 1. The molecule has 1 saturated heterocycles. The van der Waals surface area contributed by atoms with Crippen LogP contribution >= 0.6 is 0 Å². The van der Waals surface area contributed by atoms with Crippen LogP contribution in [0.1, 0.15) is 11.1 Å². The summed E-state index contributed by atoms with van der Waals surface area (Å²) >= 11 is 0. The average molecular weight is 480 g/mol. The zero-order valence-corrected chi connectivity index (χ0v) is 20.0. The van der Waals surface area contributed by atoms with Crippen LogP contribution in [0.5, 0.6) is 5.75 Å². The monoisotopic (exact) mass is 479 g/mol. The molecule has 0 unspecified atom stereocenters. The van der Waals surface area contributed by atoms with Crippen molar-refractivity contribution in [3.63, 3.8) is 0 Å². The molecule has 2 aromatic carbocycles. The summed E-state index contributed by atoms with van der Waals surface area (Å²) in [5, 5.41) is 8.61. The van der Waals surface area contributed by atoms with E-state index in [0.29, 0.717) is 53.8 Å². The Bertz CT molecular complexity index is 1460. The van der Waals surface area contributed by atoms with Crippen molar-refractivity contribution in [1.82, 2.24) is 29.3 Å². The summed E-state index contributed by atoms with van der Waals surface area (Å²) in [5.41, 5.74) is 3.94. The van der Waals surface area contributed by atoms with Gasteiger partial charge >= 0.3 is 0 Å². The molecule has 0 amide bonds. The molecule has 0 aliphatic carbocycles. The highest BCUT2D eigenvalue weighted by Crippen LogP contribution is 2.26. The summed E-state index contributed by atoms with van der Waals surface area (Å²) in [6.45, 7) is 5.57. The number of nitrogens with zero attached hydrogens (tertiary/aromatic N) is 7. The second kappa shape index (κ2) is 8.65. The van der Waals surface area contributed by atoms with Crippen molar-refractivity contribution >= 4 is 27.0 Å². The number of fused-ring (bicyclic) bond motifs is 1. The summed E-state index contributed by atoms with van der Waals surface area (Å²) in [6, 6.07) is 12.7. The molecule has 0 N–H and O–H groups in total. The molecule has 11 heteroatoms. The third-order valence-electron chi connectivity index (χ3n) is 6.17. The molecule has 1 aliphatic rings. The van der Waals surface area contributed by atoms with Crippen molar-refractivity contribution in [2.24, 2.45) is 0 Å². The van der Waals surface area contributed by atoms with Crippen LogP contribution in [0.15, 0.2) is 53.7 Å². The molecule has 3 heterocycles. The predicted octanol–water partition coefficient (Wildman–Crippen LogP) is 2.35. The van der Waals surface area contributed by atoms with E-state index < -0.39 is 10.0 Å². The van der Waals surface area contributed by atoms with Gasteiger partial charge in [-0.1, -0.05) is 17.3 Å². The van der Waals surface area contributed by atoms with Crippen molar-refractivity contribution < 1.29 is 13.2 Å². The van der Waals surface area contributed by atoms with Crippen molar-refractivity contribution in [2.45, 2.75) is 18.7 Å². The van der Waals surface area contributed by atoms with E-state index in [4.69, 9.17) is 4.74 Å². The number of aromatic nitrogens is 5. The predicted molar refractivity (Wildman–Crippen MR) is 128 cm³/mol. The molecule has 0 radical (unpaired) electrons. The number of rotatable bonds is 5. The van der Waals surface area contributed by atoms with Gasteiger partial charge in [0.2, 0.25) is 10.0 Å². The van der Waals surface area contributed by atoms with E-state index in [1.807, 2.05) is 49.1 Å². The zero-order chi connectivity index (χ0) is 23.9. The van der Waals surface area contributed by atoms with Gasteiger partial charge in [-0.3, -0.25) is 0 Å². The summed E-state index contributed by atoms with van der Waals surface area (Å²) in [6.07, 6.45) is 1.48. The van der Waals surface area contributed by atoms with Crippen LogP contribution < -0.4 is 9.64 Å². The molecular weight excluding hydrogens is 454 g/mol. The highest BCUT2D eigenvalue weighted by Gasteiger charge is 2.30. The van der Waals surface area contributed by atoms with Crippen LogP contribution in [0.25, 0.3) is 16.9 Å². The first kappa shape index (κ1) is 22.2. The molecule has 5 rings (SSSR count). The van der Waals surface area contributed by atoms with Gasteiger partial charge in [0.1, 0.15) is 12.1 Å². The lowest BCUT2D eigenvalue weighted by atomic mass is 10.1. The number of hydrogen-bond donors (Lipinski definition) is 0. The molecule has 2 aromatic heterocycles. The number of benzene rings is 2. The third-order valence-corrected chi connectivity index (χ3v) is 8.07. The van der Waals surface area contributed by atoms with Gasteiger partial charge in [-0.15, -0.1) is 5.10 Å². The van der Waals surface area contributed by atoms with Crippen LogP contribution in [-0.2, 0) is 10.0 Å². The molecule has 0 saturated carbocycles. The smallest absolute Gasteiger partial charge is 0.243 e.